The molecule has 0 atom stereocenters. The lowest BCUT2D eigenvalue weighted by Gasteiger charge is -2.24. The van der Waals surface area contributed by atoms with E-state index in [2.05, 4.69) is 17.6 Å². The maximum absolute atomic E-state index is 12.0. The Morgan fingerprint density at radius 2 is 2.04 bits per heavy atom. The summed E-state index contributed by atoms with van der Waals surface area (Å²) in [7, 11) is 0. The van der Waals surface area contributed by atoms with Crippen LogP contribution in [0, 0.1) is 15.5 Å². The van der Waals surface area contributed by atoms with Crippen LogP contribution in [-0.2, 0) is 0 Å². The number of rotatable bonds is 6. The molecule has 6 nitrogen and oxygen atoms in total. The molecule has 0 bridgehead atoms. The van der Waals surface area contributed by atoms with Crippen LogP contribution in [0.25, 0.3) is 0 Å². The van der Waals surface area contributed by atoms with Crippen LogP contribution in [0.5, 0.6) is 0 Å². The van der Waals surface area contributed by atoms with Crippen molar-refractivity contribution in [3.05, 3.63) is 33.9 Å². The summed E-state index contributed by atoms with van der Waals surface area (Å²) in [4.78, 5) is 23.0. The predicted octanol–water partition coefficient (Wildman–Crippen LogP) is 3.48. The minimum atomic E-state index is -0.423. The van der Waals surface area contributed by atoms with E-state index in [-0.39, 0.29) is 23.1 Å². The summed E-state index contributed by atoms with van der Waals surface area (Å²) in [5.41, 5.74) is 1.01. The van der Waals surface area contributed by atoms with Crippen molar-refractivity contribution in [3.63, 3.8) is 0 Å². The lowest BCUT2D eigenvalue weighted by atomic mass is 9.89. The number of nitrogens with zero attached hydrogens (tertiary/aromatic N) is 1. The Labute approximate surface area is 135 Å². The number of hydrogen-bond acceptors (Lipinski definition) is 4. The zero-order chi connectivity index (χ0) is 16.4. The van der Waals surface area contributed by atoms with Gasteiger partial charge in [0, 0.05) is 24.2 Å². The second kappa shape index (κ2) is 6.18. The lowest BCUT2D eigenvalue weighted by Crippen LogP contribution is -2.26. The smallest absolute Gasteiger partial charge is 0.293 e. The Bertz CT molecular complexity index is 620. The Morgan fingerprint density at radius 1 is 1.35 bits per heavy atom. The maximum atomic E-state index is 12.0. The number of nitro benzene ring substituents is 1. The number of anilines is 1. The molecular weight excluding hydrogens is 294 g/mol. The standard InChI is InChI=1S/C17H23N3O3/c1-17(8-2-3-9-17)11-18-14-7-4-12(10-15(14)20(22)23)16(21)19-13-5-6-13/h4,7,10,13,18H,2-3,5-6,8-9,11H2,1H3,(H,19,21). The molecule has 1 aromatic carbocycles. The first kappa shape index (κ1) is 15.8. The van der Waals surface area contributed by atoms with Crippen LogP contribution in [0.3, 0.4) is 0 Å². The summed E-state index contributed by atoms with van der Waals surface area (Å²) in [6.07, 6.45) is 6.73. The van der Waals surface area contributed by atoms with Crippen molar-refractivity contribution in [2.75, 3.05) is 11.9 Å². The summed E-state index contributed by atoms with van der Waals surface area (Å²) in [5.74, 6) is -0.232. The van der Waals surface area contributed by atoms with Gasteiger partial charge in [-0.15, -0.1) is 0 Å². The molecular formula is C17H23N3O3. The number of benzene rings is 1. The molecule has 23 heavy (non-hydrogen) atoms. The molecule has 0 aromatic heterocycles. The second-order valence-electron chi connectivity index (χ2n) is 7.11. The van der Waals surface area contributed by atoms with Crippen LogP contribution in [0.4, 0.5) is 11.4 Å². The summed E-state index contributed by atoms with van der Waals surface area (Å²) in [5, 5.41) is 17.4. The van der Waals surface area contributed by atoms with E-state index < -0.39 is 4.92 Å². The molecule has 124 valence electrons. The van der Waals surface area contributed by atoms with Gasteiger partial charge in [0.05, 0.1) is 4.92 Å². The van der Waals surface area contributed by atoms with Crippen LogP contribution in [0.2, 0.25) is 0 Å². The first-order valence-corrected chi connectivity index (χ1v) is 8.30. The van der Waals surface area contributed by atoms with Crippen molar-refractivity contribution in [2.24, 2.45) is 5.41 Å². The fourth-order valence-electron chi connectivity index (χ4n) is 3.18. The summed E-state index contributed by atoms with van der Waals surface area (Å²) < 4.78 is 0. The van der Waals surface area contributed by atoms with Gasteiger partial charge in [-0.2, -0.15) is 0 Å². The minimum absolute atomic E-state index is 0.0324. The van der Waals surface area contributed by atoms with Crippen LogP contribution in [-0.4, -0.2) is 23.4 Å². The van der Waals surface area contributed by atoms with Gasteiger partial charge < -0.3 is 10.6 Å². The fourth-order valence-corrected chi connectivity index (χ4v) is 3.18. The van der Waals surface area contributed by atoms with E-state index in [0.29, 0.717) is 11.3 Å². The number of amides is 1. The quantitative estimate of drug-likeness (QED) is 0.621. The molecule has 2 N–H and O–H groups in total. The minimum Gasteiger partial charge on any atom is -0.379 e. The number of carbonyl (C=O) groups is 1. The fraction of sp³-hybridized carbons (Fsp3) is 0.588. The highest BCUT2D eigenvalue weighted by Gasteiger charge is 2.29. The van der Waals surface area contributed by atoms with E-state index in [0.717, 1.165) is 32.2 Å². The third kappa shape index (κ3) is 3.81. The third-order valence-corrected chi connectivity index (χ3v) is 4.89. The third-order valence-electron chi connectivity index (χ3n) is 4.89. The van der Waals surface area contributed by atoms with E-state index in [1.165, 1.54) is 18.9 Å². The van der Waals surface area contributed by atoms with Crippen molar-refractivity contribution >= 4 is 17.3 Å². The summed E-state index contributed by atoms with van der Waals surface area (Å²) >= 11 is 0. The molecule has 6 heteroatoms. The van der Waals surface area contributed by atoms with E-state index in [4.69, 9.17) is 0 Å². The van der Waals surface area contributed by atoms with Crippen molar-refractivity contribution in [3.8, 4) is 0 Å². The molecule has 0 unspecified atom stereocenters. The first-order valence-electron chi connectivity index (χ1n) is 8.30. The number of nitro groups is 1. The van der Waals surface area contributed by atoms with Gasteiger partial charge in [0.2, 0.25) is 0 Å². The number of nitrogens with one attached hydrogen (secondary N) is 2. The van der Waals surface area contributed by atoms with Gasteiger partial charge in [-0.1, -0.05) is 19.8 Å². The van der Waals surface area contributed by atoms with Gasteiger partial charge in [0.15, 0.2) is 0 Å². The van der Waals surface area contributed by atoms with Crippen molar-refractivity contribution in [1.82, 2.24) is 5.32 Å². The zero-order valence-electron chi connectivity index (χ0n) is 13.4. The Kier molecular flexibility index (Phi) is 4.24. The maximum Gasteiger partial charge on any atom is 0.293 e. The van der Waals surface area contributed by atoms with Gasteiger partial charge in [0.25, 0.3) is 11.6 Å². The van der Waals surface area contributed by atoms with Crippen LogP contribution in [0.15, 0.2) is 18.2 Å². The highest BCUT2D eigenvalue weighted by Crippen LogP contribution is 2.38. The highest BCUT2D eigenvalue weighted by atomic mass is 16.6. The Morgan fingerprint density at radius 3 is 2.65 bits per heavy atom. The molecule has 2 aliphatic carbocycles. The lowest BCUT2D eigenvalue weighted by molar-refractivity contribution is -0.384. The predicted molar refractivity (Wildman–Crippen MR) is 88.6 cm³/mol. The van der Waals surface area contributed by atoms with E-state index in [1.54, 1.807) is 12.1 Å². The normalized spacial score (nSPS) is 19.3. The number of carbonyl (C=O) groups excluding carboxylic acids is 1. The molecule has 0 heterocycles. The molecule has 0 saturated heterocycles. The van der Waals surface area contributed by atoms with Crippen molar-refractivity contribution in [2.45, 2.75) is 51.5 Å². The van der Waals surface area contributed by atoms with Crippen LogP contribution < -0.4 is 10.6 Å². The van der Waals surface area contributed by atoms with Crippen molar-refractivity contribution in [1.29, 1.82) is 0 Å². The Hall–Kier alpha value is -2.11. The van der Waals surface area contributed by atoms with Gasteiger partial charge in [-0.25, -0.2) is 0 Å². The van der Waals surface area contributed by atoms with E-state index in [9.17, 15) is 14.9 Å². The molecule has 3 rings (SSSR count). The van der Waals surface area contributed by atoms with Crippen LogP contribution >= 0.6 is 0 Å². The largest absolute Gasteiger partial charge is 0.379 e. The molecule has 1 aromatic rings. The molecule has 2 fully saturated rings. The van der Waals surface area contributed by atoms with E-state index >= 15 is 0 Å². The average molecular weight is 317 g/mol. The van der Waals surface area contributed by atoms with E-state index in [1.807, 2.05) is 0 Å². The zero-order valence-corrected chi connectivity index (χ0v) is 13.4. The van der Waals surface area contributed by atoms with Crippen molar-refractivity contribution < 1.29 is 9.72 Å². The first-order chi connectivity index (χ1) is 11.0. The summed E-state index contributed by atoms with van der Waals surface area (Å²) in [6, 6.07) is 4.92. The topological polar surface area (TPSA) is 84.3 Å². The molecule has 1 amide bonds. The molecule has 0 spiro atoms. The molecule has 0 aliphatic heterocycles. The van der Waals surface area contributed by atoms with Gasteiger partial charge in [-0.05, 0) is 43.2 Å². The average Bonchev–Trinajstić information content (AvgIpc) is 3.23. The SMILES string of the molecule is CC1(CNc2ccc(C(=O)NC3CC3)cc2[N+](=O)[O-])CCCC1. The van der Waals surface area contributed by atoms with Gasteiger partial charge in [-0.3, -0.25) is 14.9 Å². The summed E-state index contributed by atoms with van der Waals surface area (Å²) in [6.45, 7) is 2.94. The van der Waals surface area contributed by atoms with Crippen LogP contribution in [0.1, 0.15) is 55.8 Å². The highest BCUT2D eigenvalue weighted by molar-refractivity contribution is 5.96. The number of hydrogen-bond donors (Lipinski definition) is 2. The molecule has 0 radical (unpaired) electrons. The van der Waals surface area contributed by atoms with Gasteiger partial charge in [0.1, 0.15) is 5.69 Å². The Balaban J connectivity index is 1.73. The molecule has 2 saturated carbocycles. The monoisotopic (exact) mass is 317 g/mol. The van der Waals surface area contributed by atoms with Gasteiger partial charge >= 0.3 is 0 Å². The second-order valence-corrected chi connectivity index (χ2v) is 7.11. The molecule has 2 aliphatic rings.